The summed E-state index contributed by atoms with van der Waals surface area (Å²) in [5.74, 6) is -0.644. The maximum absolute atomic E-state index is 11.1. The first-order chi connectivity index (χ1) is 13.1. The van der Waals surface area contributed by atoms with Crippen LogP contribution in [-0.4, -0.2) is 17.6 Å². The van der Waals surface area contributed by atoms with Crippen LogP contribution >= 0.6 is 31.0 Å². The predicted octanol–water partition coefficient (Wildman–Crippen LogP) is 2.86. The molecule has 0 amide bonds. The standard InChI is InChI=1S/C18H21Cl2O7P/c1-24-18(11-2-3-14(19)15(6-11)25-28(21,22)23)17(26-27-18)12-4-10-5-13(17)9-16(20,7-10)8-12/h2-3,6,10,12-13H,4-5,7-9H2,1H3,(H2,21,22,23)/p-2. The molecule has 1 spiro atoms. The molecule has 10 heteroatoms. The number of hydrogen-bond acceptors (Lipinski definition) is 7. The molecule has 0 aromatic heterocycles. The Kier molecular flexibility index (Phi) is 4.25. The number of rotatable bonds is 4. The summed E-state index contributed by atoms with van der Waals surface area (Å²) in [6, 6.07) is 4.50. The Morgan fingerprint density at radius 3 is 2.36 bits per heavy atom. The summed E-state index contributed by atoms with van der Waals surface area (Å²) in [6.45, 7) is 0. The number of alkyl halides is 1. The van der Waals surface area contributed by atoms with Crippen molar-refractivity contribution in [3.8, 4) is 5.75 Å². The van der Waals surface area contributed by atoms with Gasteiger partial charge in [0, 0.05) is 17.5 Å². The lowest BCUT2D eigenvalue weighted by atomic mass is 9.46. The maximum atomic E-state index is 11.1. The predicted molar refractivity (Wildman–Crippen MR) is 95.4 cm³/mol. The van der Waals surface area contributed by atoms with E-state index in [1.54, 1.807) is 6.07 Å². The van der Waals surface area contributed by atoms with Crippen molar-refractivity contribution in [2.24, 2.45) is 17.8 Å². The molecule has 7 nitrogen and oxygen atoms in total. The molecule has 3 unspecified atom stereocenters. The minimum Gasteiger partial charge on any atom is -0.780 e. The summed E-state index contributed by atoms with van der Waals surface area (Å²) in [7, 11) is -3.75. The van der Waals surface area contributed by atoms with Gasteiger partial charge in [-0.2, -0.15) is 4.89 Å². The Bertz CT molecular complexity index is 853. The molecule has 1 aromatic carbocycles. The highest BCUT2D eigenvalue weighted by molar-refractivity contribution is 7.43. The highest BCUT2D eigenvalue weighted by Crippen LogP contribution is 2.71. The van der Waals surface area contributed by atoms with Gasteiger partial charge in [0.25, 0.3) is 5.79 Å². The van der Waals surface area contributed by atoms with E-state index >= 15 is 0 Å². The van der Waals surface area contributed by atoms with Gasteiger partial charge in [-0.25, -0.2) is 4.89 Å². The molecule has 154 valence electrons. The van der Waals surface area contributed by atoms with Gasteiger partial charge in [0.15, 0.2) is 5.60 Å². The first-order valence-electron chi connectivity index (χ1n) is 9.23. The van der Waals surface area contributed by atoms with E-state index in [4.69, 9.17) is 37.7 Å². The minimum absolute atomic E-state index is 0.000939. The van der Waals surface area contributed by atoms with Crippen molar-refractivity contribution in [1.29, 1.82) is 0 Å². The van der Waals surface area contributed by atoms with E-state index in [0.717, 1.165) is 32.1 Å². The van der Waals surface area contributed by atoms with E-state index in [2.05, 4.69) is 4.52 Å². The average Bonchev–Trinajstić information content (AvgIpc) is 2.54. The summed E-state index contributed by atoms with van der Waals surface area (Å²) in [5, 5.41) is 0.000939. The molecule has 5 aliphatic rings. The average molecular weight is 449 g/mol. The number of halogens is 2. The second-order valence-electron chi connectivity index (χ2n) is 8.46. The van der Waals surface area contributed by atoms with Crippen LogP contribution < -0.4 is 14.3 Å². The van der Waals surface area contributed by atoms with E-state index in [1.807, 2.05) is 0 Å². The fourth-order valence-electron chi connectivity index (χ4n) is 6.24. The molecule has 1 heterocycles. The largest absolute Gasteiger partial charge is 0.780 e. The molecule has 0 N–H and O–H groups in total. The van der Waals surface area contributed by atoms with Crippen LogP contribution in [0.25, 0.3) is 0 Å². The Morgan fingerprint density at radius 1 is 1.18 bits per heavy atom. The van der Waals surface area contributed by atoms with Crippen molar-refractivity contribution in [3.63, 3.8) is 0 Å². The number of methoxy groups -OCH3 is 1. The molecule has 4 saturated carbocycles. The number of ether oxygens (including phenoxy) is 1. The topological polar surface area (TPSA) is 100 Å². The lowest BCUT2D eigenvalue weighted by molar-refractivity contribution is -0.645. The molecule has 6 rings (SSSR count). The molecule has 3 atom stereocenters. The summed E-state index contributed by atoms with van der Waals surface area (Å²) in [5.41, 5.74) is -0.231. The smallest absolute Gasteiger partial charge is 0.260 e. The van der Waals surface area contributed by atoms with Crippen molar-refractivity contribution in [2.75, 3.05) is 7.11 Å². The third kappa shape index (κ3) is 2.58. The third-order valence-electron chi connectivity index (χ3n) is 6.95. The van der Waals surface area contributed by atoms with Gasteiger partial charge in [0.1, 0.15) is 13.6 Å². The van der Waals surface area contributed by atoms with Crippen molar-refractivity contribution in [3.05, 3.63) is 28.8 Å². The molecule has 4 bridgehead atoms. The Balaban J connectivity index is 1.58. The molecule has 1 aliphatic heterocycles. The van der Waals surface area contributed by atoms with Gasteiger partial charge < -0.3 is 23.6 Å². The minimum atomic E-state index is -5.27. The van der Waals surface area contributed by atoms with Crippen molar-refractivity contribution in [2.45, 2.75) is 48.4 Å². The first-order valence-corrected chi connectivity index (χ1v) is 11.4. The third-order valence-corrected chi connectivity index (χ3v) is 8.14. The van der Waals surface area contributed by atoms with Crippen LogP contribution in [0.5, 0.6) is 5.75 Å². The Morgan fingerprint density at radius 2 is 1.86 bits per heavy atom. The van der Waals surface area contributed by atoms with E-state index < -0.39 is 19.2 Å². The zero-order valence-corrected chi connectivity index (χ0v) is 17.5. The van der Waals surface area contributed by atoms with E-state index in [1.165, 1.54) is 19.2 Å². The van der Waals surface area contributed by atoms with Crippen LogP contribution in [0, 0.1) is 17.8 Å². The fourth-order valence-corrected chi connectivity index (χ4v) is 7.43. The molecular weight excluding hydrogens is 430 g/mol. The molecule has 1 aromatic rings. The van der Waals surface area contributed by atoms with Crippen LogP contribution in [0.15, 0.2) is 18.2 Å². The molecule has 0 radical (unpaired) electrons. The first kappa shape index (κ1) is 19.6. The molecule has 28 heavy (non-hydrogen) atoms. The van der Waals surface area contributed by atoms with Gasteiger partial charge >= 0.3 is 0 Å². The molecule has 1 saturated heterocycles. The monoisotopic (exact) mass is 448 g/mol. The fraction of sp³-hybridized carbons (Fsp3) is 0.667. The lowest BCUT2D eigenvalue weighted by Gasteiger charge is -2.70. The second-order valence-corrected chi connectivity index (χ2v) is 10.7. The van der Waals surface area contributed by atoms with Crippen molar-refractivity contribution in [1.82, 2.24) is 0 Å². The van der Waals surface area contributed by atoms with Gasteiger partial charge in [0.05, 0.1) is 5.02 Å². The Labute approximate surface area is 172 Å². The van der Waals surface area contributed by atoms with Crippen LogP contribution in [0.1, 0.15) is 37.7 Å². The Hall–Kier alpha value is -0.370. The quantitative estimate of drug-likeness (QED) is 0.396. The van der Waals surface area contributed by atoms with Crippen LogP contribution in [0.2, 0.25) is 5.02 Å². The second kappa shape index (κ2) is 6.08. The highest BCUT2D eigenvalue weighted by Gasteiger charge is 2.78. The molecule has 4 aliphatic carbocycles. The van der Waals surface area contributed by atoms with Gasteiger partial charge in [-0.05, 0) is 62.0 Å². The zero-order valence-electron chi connectivity index (χ0n) is 15.1. The number of phosphoric ester groups is 1. The van der Waals surface area contributed by atoms with Gasteiger partial charge in [0.2, 0.25) is 0 Å². The van der Waals surface area contributed by atoms with E-state index in [9.17, 15) is 14.4 Å². The van der Waals surface area contributed by atoms with Crippen molar-refractivity contribution >= 4 is 31.0 Å². The lowest BCUT2D eigenvalue weighted by Crippen LogP contribution is -2.78. The van der Waals surface area contributed by atoms with Crippen LogP contribution in [0.3, 0.4) is 0 Å². The van der Waals surface area contributed by atoms with E-state index in [-0.39, 0.29) is 27.5 Å². The number of phosphoric acid groups is 1. The van der Waals surface area contributed by atoms with Gasteiger partial charge in [-0.15, -0.1) is 11.6 Å². The summed E-state index contributed by atoms with van der Waals surface area (Å²) < 4.78 is 21.5. The molecule has 5 fully saturated rings. The normalized spacial score (nSPS) is 44.0. The van der Waals surface area contributed by atoms with Crippen LogP contribution in [-0.2, 0) is 24.9 Å². The molecular formula is C18H19Cl2O7P-2. The SMILES string of the molecule is COC1(c2ccc(Cl)c(OP(=O)([O-])[O-])c2)OOC12C1CC3CC2CC(Cl)(C3)C1. The summed E-state index contributed by atoms with van der Waals surface area (Å²) in [4.78, 5) is 33.4. The van der Waals surface area contributed by atoms with Crippen molar-refractivity contribution < 1.29 is 33.4 Å². The van der Waals surface area contributed by atoms with Gasteiger partial charge in [-0.1, -0.05) is 17.7 Å². The summed E-state index contributed by atoms with van der Waals surface area (Å²) in [6.07, 6.45) is 4.60. The van der Waals surface area contributed by atoms with Crippen LogP contribution in [0.4, 0.5) is 0 Å². The maximum Gasteiger partial charge on any atom is 0.260 e. The van der Waals surface area contributed by atoms with E-state index in [0.29, 0.717) is 11.5 Å². The summed E-state index contributed by atoms with van der Waals surface area (Å²) >= 11 is 12.9. The van der Waals surface area contributed by atoms with Gasteiger partial charge in [-0.3, -0.25) is 0 Å². The highest BCUT2D eigenvalue weighted by atomic mass is 35.5. The zero-order chi connectivity index (χ0) is 19.9. The number of benzene rings is 1. The number of hydrogen-bond donors (Lipinski definition) is 0.